The Morgan fingerprint density at radius 1 is 1.00 bits per heavy atom. The van der Waals surface area contributed by atoms with Crippen LogP contribution in [0.25, 0.3) is 0 Å². The molecule has 0 N–H and O–H groups in total. The number of carbonyl (C=O) groups is 1. The third kappa shape index (κ3) is 3.99. The van der Waals surface area contributed by atoms with Crippen LogP contribution >= 0.6 is 0 Å². The lowest BCUT2D eigenvalue weighted by atomic mass is 10.1. The fourth-order valence-corrected chi connectivity index (χ4v) is 8.70. The zero-order valence-corrected chi connectivity index (χ0v) is 18.8. The summed E-state index contributed by atoms with van der Waals surface area (Å²) in [6, 6.07) is 15.7. The van der Waals surface area contributed by atoms with Gasteiger partial charge in [0.2, 0.25) is 0 Å². The Morgan fingerprint density at radius 2 is 1.54 bits per heavy atom. The summed E-state index contributed by atoms with van der Waals surface area (Å²) >= 11 is 0. The molecule has 1 aliphatic heterocycles. The lowest BCUT2D eigenvalue weighted by Gasteiger charge is -2.30. The van der Waals surface area contributed by atoms with E-state index in [0.717, 1.165) is 29.6 Å². The van der Waals surface area contributed by atoms with Gasteiger partial charge < -0.3 is 4.43 Å². The van der Waals surface area contributed by atoms with Crippen LogP contribution in [-0.4, -0.2) is 34.4 Å². The summed E-state index contributed by atoms with van der Waals surface area (Å²) in [4.78, 5) is 13.0. The van der Waals surface area contributed by atoms with Crippen molar-refractivity contribution in [3.63, 3.8) is 0 Å². The largest absolute Gasteiger partial charge is 0.396 e. The Hall–Kier alpha value is -1.76. The summed E-state index contributed by atoms with van der Waals surface area (Å²) in [6.07, 6.45) is 4.54. The number of carbonyl (C=O) groups excluding carboxylic acids is 1. The van der Waals surface area contributed by atoms with E-state index in [2.05, 4.69) is 31.2 Å². The highest BCUT2D eigenvalue weighted by atomic mass is 32.2. The van der Waals surface area contributed by atoms with E-state index in [-0.39, 0.29) is 10.7 Å². The highest BCUT2D eigenvalue weighted by Gasteiger charge is 2.54. The van der Waals surface area contributed by atoms with Crippen molar-refractivity contribution in [2.45, 2.75) is 56.6 Å². The van der Waals surface area contributed by atoms with Crippen molar-refractivity contribution in [2.75, 3.05) is 6.26 Å². The first-order chi connectivity index (χ1) is 13.1. The van der Waals surface area contributed by atoms with Gasteiger partial charge in [-0.25, -0.2) is 8.42 Å². The molecule has 2 aromatic carbocycles. The molecule has 0 amide bonds. The Balaban J connectivity index is 2.06. The number of hydrogen-bond acceptors (Lipinski definition) is 4. The molecular weight excluding hydrogens is 388 g/mol. The van der Waals surface area contributed by atoms with Gasteiger partial charge in [0, 0.05) is 12.3 Å². The molecule has 0 saturated carbocycles. The van der Waals surface area contributed by atoms with Crippen LogP contribution in [0.2, 0.25) is 6.04 Å². The molecule has 3 rings (SSSR count). The summed E-state index contributed by atoms with van der Waals surface area (Å²) in [5.74, 6) is 0.0985. The van der Waals surface area contributed by atoms with E-state index < -0.39 is 23.8 Å². The van der Waals surface area contributed by atoms with Crippen LogP contribution in [0.5, 0.6) is 0 Å². The number of aryl methyl sites for hydroxylation is 1. The first kappa shape index (κ1) is 21.0. The van der Waals surface area contributed by atoms with Crippen molar-refractivity contribution < 1.29 is 17.6 Å². The fraction of sp³-hybridized carbons (Fsp3) is 0.409. The maximum Gasteiger partial charge on any atom is 0.264 e. The van der Waals surface area contributed by atoms with Gasteiger partial charge in [-0.3, -0.25) is 4.79 Å². The zero-order valence-electron chi connectivity index (χ0n) is 17.0. The Morgan fingerprint density at radius 3 is 1.96 bits per heavy atom. The van der Waals surface area contributed by atoms with Crippen molar-refractivity contribution in [1.29, 1.82) is 0 Å². The van der Waals surface area contributed by atoms with Crippen LogP contribution in [0.1, 0.15) is 39.2 Å². The molecule has 1 unspecified atom stereocenters. The van der Waals surface area contributed by atoms with E-state index in [4.69, 9.17) is 4.43 Å². The third-order valence-corrected chi connectivity index (χ3v) is 10.8. The summed E-state index contributed by atoms with van der Waals surface area (Å²) in [5.41, 5.74) is 0.452. The number of hydrogen-bond donors (Lipinski definition) is 0. The number of sulfone groups is 1. The van der Waals surface area contributed by atoms with Crippen molar-refractivity contribution >= 4 is 34.3 Å². The summed E-state index contributed by atoms with van der Waals surface area (Å²) in [7, 11) is -6.03. The van der Waals surface area contributed by atoms with Gasteiger partial charge in [-0.15, -0.1) is 0 Å². The van der Waals surface area contributed by atoms with E-state index >= 15 is 0 Å². The van der Waals surface area contributed by atoms with E-state index in [1.165, 1.54) is 11.8 Å². The van der Waals surface area contributed by atoms with Crippen LogP contribution in [0.4, 0.5) is 0 Å². The minimum absolute atomic E-state index is 0.0985. The van der Waals surface area contributed by atoms with Crippen LogP contribution in [0, 0.1) is 0 Å². The van der Waals surface area contributed by atoms with Crippen LogP contribution in [0.3, 0.4) is 0 Å². The SMILES string of the molecule is CCCCc1ccc([Si]2(c3ccc(S(C)(=O)=O)cc3)CC(=O)C(C)(C)O2)cc1. The highest BCUT2D eigenvalue weighted by molar-refractivity contribution is 7.90. The quantitative estimate of drug-likeness (QED) is 0.680. The lowest BCUT2D eigenvalue weighted by molar-refractivity contribution is -0.126. The van der Waals surface area contributed by atoms with Crippen LogP contribution < -0.4 is 10.4 Å². The summed E-state index contributed by atoms with van der Waals surface area (Å²) in [6.45, 7) is 5.83. The lowest BCUT2D eigenvalue weighted by Crippen LogP contribution is -2.59. The van der Waals surface area contributed by atoms with Crippen LogP contribution in [0.15, 0.2) is 53.4 Å². The van der Waals surface area contributed by atoms with E-state index in [1.807, 2.05) is 26.0 Å². The first-order valence-corrected chi connectivity index (χ1v) is 13.7. The normalized spacial score (nSPS) is 21.8. The predicted molar refractivity (Wildman–Crippen MR) is 115 cm³/mol. The molecule has 1 heterocycles. The number of benzene rings is 2. The van der Waals surface area contributed by atoms with Gasteiger partial charge >= 0.3 is 0 Å². The fourth-order valence-electron chi connectivity index (χ4n) is 3.75. The monoisotopic (exact) mass is 416 g/mol. The van der Waals surface area contributed by atoms with Gasteiger partial charge in [0.1, 0.15) is 5.60 Å². The molecule has 28 heavy (non-hydrogen) atoms. The molecule has 1 fully saturated rings. The number of Topliss-reactive ketones (excluding diaryl/α,β-unsaturated/α-hetero) is 1. The molecule has 1 aliphatic rings. The van der Waals surface area contributed by atoms with Crippen molar-refractivity contribution in [3.05, 3.63) is 54.1 Å². The maximum absolute atomic E-state index is 12.7. The second-order valence-corrected chi connectivity index (χ2v) is 13.5. The van der Waals surface area contributed by atoms with E-state index in [1.54, 1.807) is 12.1 Å². The number of ketones is 1. The minimum atomic E-state index is -3.27. The average Bonchev–Trinajstić information content (AvgIpc) is 2.90. The smallest absolute Gasteiger partial charge is 0.264 e. The van der Waals surface area contributed by atoms with Gasteiger partial charge in [0.15, 0.2) is 15.6 Å². The maximum atomic E-state index is 12.7. The molecule has 1 saturated heterocycles. The molecule has 2 aromatic rings. The standard InChI is InChI=1S/C22H28O4SSi/c1-5-6-7-17-8-12-19(13-9-17)28(16-21(23)22(2,3)26-28)20-14-10-18(11-15-20)27(4,24)25/h8-15H,5-7,16H2,1-4H3. The molecule has 1 atom stereocenters. The summed E-state index contributed by atoms with van der Waals surface area (Å²) in [5, 5.41) is 1.99. The Bertz CT molecular complexity index is 963. The molecule has 150 valence electrons. The zero-order chi connectivity index (χ0) is 20.6. The Kier molecular flexibility index (Phi) is 5.67. The molecule has 0 aromatic heterocycles. The van der Waals surface area contributed by atoms with Gasteiger partial charge in [-0.1, -0.05) is 49.7 Å². The third-order valence-electron chi connectivity index (χ3n) is 5.50. The first-order valence-electron chi connectivity index (χ1n) is 9.72. The molecule has 0 aliphatic carbocycles. The van der Waals surface area contributed by atoms with Gasteiger partial charge in [-0.2, -0.15) is 0 Å². The Labute approximate surface area is 169 Å². The van der Waals surface area contributed by atoms with Crippen molar-refractivity contribution in [1.82, 2.24) is 0 Å². The predicted octanol–water partition coefficient (Wildman–Crippen LogP) is 2.87. The molecule has 0 bridgehead atoms. The summed E-state index contributed by atoms with van der Waals surface area (Å²) < 4.78 is 30.1. The van der Waals surface area contributed by atoms with E-state index in [0.29, 0.717) is 6.04 Å². The molecule has 6 heteroatoms. The number of unbranched alkanes of at least 4 members (excludes halogenated alkanes) is 1. The topological polar surface area (TPSA) is 60.4 Å². The molecule has 0 radical (unpaired) electrons. The second-order valence-electron chi connectivity index (χ2n) is 8.14. The average molecular weight is 417 g/mol. The number of rotatable bonds is 6. The minimum Gasteiger partial charge on any atom is -0.396 e. The van der Waals surface area contributed by atoms with E-state index in [9.17, 15) is 13.2 Å². The van der Waals surface area contributed by atoms with Gasteiger partial charge in [-0.05, 0) is 54.8 Å². The van der Waals surface area contributed by atoms with Gasteiger partial charge in [0.25, 0.3) is 8.32 Å². The van der Waals surface area contributed by atoms with Crippen molar-refractivity contribution in [3.8, 4) is 0 Å². The van der Waals surface area contributed by atoms with Gasteiger partial charge in [0.05, 0.1) is 4.90 Å². The van der Waals surface area contributed by atoms with Crippen LogP contribution in [-0.2, 0) is 25.5 Å². The molecule has 4 nitrogen and oxygen atoms in total. The van der Waals surface area contributed by atoms with Crippen molar-refractivity contribution in [2.24, 2.45) is 0 Å². The molecular formula is C22H28O4SSi. The second kappa shape index (κ2) is 7.58. The molecule has 0 spiro atoms. The highest BCUT2D eigenvalue weighted by Crippen LogP contribution is 2.32.